The molecule has 0 aliphatic heterocycles. The van der Waals surface area contributed by atoms with Crippen LogP contribution in [0.2, 0.25) is 0 Å². The zero-order valence-electron chi connectivity index (χ0n) is 11.1. The number of aryl methyl sites for hydroxylation is 1. The Morgan fingerprint density at radius 3 is 2.25 bits per heavy atom. The molecule has 3 nitrogen and oxygen atoms in total. The third-order valence-electron chi connectivity index (χ3n) is 3.02. The molecule has 3 aromatic rings. The summed E-state index contributed by atoms with van der Waals surface area (Å²) in [6.07, 6.45) is 3.31. The Labute approximate surface area is 129 Å². The molecule has 0 saturated heterocycles. The predicted octanol–water partition coefficient (Wildman–Crippen LogP) is 2.22. The van der Waals surface area contributed by atoms with E-state index in [9.17, 15) is 0 Å². The molecular formula is C16H15CuN3+. The second kappa shape index (κ2) is 6.51. The van der Waals surface area contributed by atoms with Crippen LogP contribution in [0.4, 0.5) is 0 Å². The normalized spacial score (nSPS) is 10.1. The summed E-state index contributed by atoms with van der Waals surface area (Å²) in [5.41, 5.74) is 3.35. The van der Waals surface area contributed by atoms with Gasteiger partial charge in [-0.1, -0.05) is 48.5 Å². The van der Waals surface area contributed by atoms with E-state index in [4.69, 9.17) is 0 Å². The van der Waals surface area contributed by atoms with Gasteiger partial charge in [-0.15, -0.1) is 17.7 Å². The van der Waals surface area contributed by atoms with Crippen LogP contribution >= 0.6 is 0 Å². The van der Waals surface area contributed by atoms with E-state index in [1.165, 1.54) is 5.56 Å². The molecule has 0 radical (unpaired) electrons. The largest absolute Gasteiger partial charge is 1.00 e. The summed E-state index contributed by atoms with van der Waals surface area (Å²) in [7, 11) is 1.94. The molecule has 0 N–H and O–H groups in total. The van der Waals surface area contributed by atoms with E-state index < -0.39 is 0 Å². The van der Waals surface area contributed by atoms with Crippen molar-refractivity contribution in [2.24, 2.45) is 7.05 Å². The topological polar surface area (TPSA) is 21.7 Å². The van der Waals surface area contributed by atoms with Gasteiger partial charge in [0.2, 0.25) is 0 Å². The molecule has 20 heavy (non-hydrogen) atoms. The first-order valence-electron chi connectivity index (χ1n) is 6.29. The zero-order valence-corrected chi connectivity index (χ0v) is 12.1. The Balaban J connectivity index is 0.00000147. The van der Waals surface area contributed by atoms with Crippen molar-refractivity contribution in [2.75, 3.05) is 0 Å². The summed E-state index contributed by atoms with van der Waals surface area (Å²) in [5, 5.41) is 4.46. The Kier molecular flexibility index (Phi) is 4.72. The summed E-state index contributed by atoms with van der Waals surface area (Å²) in [6, 6.07) is 20.5. The van der Waals surface area contributed by atoms with Gasteiger partial charge >= 0.3 is 17.1 Å². The van der Waals surface area contributed by atoms with E-state index >= 15 is 0 Å². The van der Waals surface area contributed by atoms with Crippen molar-refractivity contribution in [2.45, 2.75) is 6.54 Å². The smallest absolute Gasteiger partial charge is 0.218 e. The molecule has 1 heterocycles. The maximum absolute atomic E-state index is 4.46. The third kappa shape index (κ3) is 3.16. The molecule has 4 heteroatoms. The molecule has 3 rings (SSSR count). The van der Waals surface area contributed by atoms with Crippen LogP contribution in [-0.4, -0.2) is 9.90 Å². The number of hydrogen-bond acceptors (Lipinski definition) is 1. The molecule has 0 atom stereocenters. The van der Waals surface area contributed by atoms with Gasteiger partial charge in [0.15, 0.2) is 0 Å². The van der Waals surface area contributed by atoms with Crippen LogP contribution < -0.4 is 4.68 Å². The molecular weight excluding hydrogens is 298 g/mol. The van der Waals surface area contributed by atoms with Gasteiger partial charge in [0.25, 0.3) is 0 Å². The molecule has 0 bridgehead atoms. The first-order chi connectivity index (χ1) is 9.33. The van der Waals surface area contributed by atoms with Crippen molar-refractivity contribution in [1.82, 2.24) is 9.90 Å². The fourth-order valence-electron chi connectivity index (χ4n) is 2.10. The van der Waals surface area contributed by atoms with Crippen molar-refractivity contribution >= 4 is 0 Å². The van der Waals surface area contributed by atoms with Crippen molar-refractivity contribution in [1.29, 1.82) is 0 Å². The molecule has 104 valence electrons. The monoisotopic (exact) mass is 312 g/mol. The van der Waals surface area contributed by atoms with Gasteiger partial charge in [-0.25, -0.2) is 4.68 Å². The second-order valence-corrected chi connectivity index (χ2v) is 4.48. The summed E-state index contributed by atoms with van der Waals surface area (Å²) in [4.78, 5) is 0. The molecule has 0 amide bonds. The number of aromatic nitrogens is 3. The van der Waals surface area contributed by atoms with Crippen LogP contribution in [-0.2, 0) is 30.7 Å². The first kappa shape index (κ1) is 14.5. The van der Waals surface area contributed by atoms with Gasteiger partial charge in [-0.3, -0.25) is 0 Å². The van der Waals surface area contributed by atoms with Gasteiger partial charge < -0.3 is 0 Å². The van der Waals surface area contributed by atoms with Crippen LogP contribution in [0, 0.1) is 6.20 Å². The standard InChI is InChI=1S/C16H15N3.Cu/c1-18-16(15-10-6-3-7-11-15)13-19(17-18)12-14-8-4-2-5-9-14;/h2-11H,12H2,1H3;/q;+1. The van der Waals surface area contributed by atoms with E-state index in [1.54, 1.807) is 0 Å². The number of rotatable bonds is 3. The minimum absolute atomic E-state index is 0. The van der Waals surface area contributed by atoms with E-state index in [0.29, 0.717) is 0 Å². The zero-order chi connectivity index (χ0) is 13.1. The van der Waals surface area contributed by atoms with Gasteiger partial charge in [0, 0.05) is 11.9 Å². The molecule has 0 saturated carbocycles. The molecule has 0 unspecified atom stereocenters. The number of nitrogens with zero attached hydrogens (tertiary/aromatic N) is 3. The van der Waals surface area contributed by atoms with Gasteiger partial charge in [-0.05, 0) is 5.56 Å². The molecule has 0 fully saturated rings. The van der Waals surface area contributed by atoms with E-state index in [2.05, 4.69) is 35.7 Å². The molecule has 0 aliphatic rings. The van der Waals surface area contributed by atoms with Crippen molar-refractivity contribution < 1.29 is 21.8 Å². The fourth-order valence-corrected chi connectivity index (χ4v) is 2.10. The van der Waals surface area contributed by atoms with Gasteiger partial charge in [0.05, 0.1) is 12.3 Å². The van der Waals surface area contributed by atoms with Crippen molar-refractivity contribution in [3.05, 3.63) is 72.4 Å². The Morgan fingerprint density at radius 1 is 1.00 bits per heavy atom. The van der Waals surface area contributed by atoms with Crippen LogP contribution in [0.1, 0.15) is 5.56 Å². The SMILES string of the molecule is Cn1n[n+](Cc2ccccc2)[c-]c1-c1ccccc1.[Cu+]. The minimum Gasteiger partial charge on any atom is -0.218 e. The third-order valence-corrected chi connectivity index (χ3v) is 3.02. The van der Waals surface area contributed by atoms with Crippen LogP contribution in [0.25, 0.3) is 11.3 Å². The van der Waals surface area contributed by atoms with Gasteiger partial charge in [0.1, 0.15) is 6.54 Å². The molecule has 1 aromatic heterocycles. The summed E-state index contributed by atoms with van der Waals surface area (Å²) >= 11 is 0. The summed E-state index contributed by atoms with van der Waals surface area (Å²) in [6.45, 7) is 0.738. The summed E-state index contributed by atoms with van der Waals surface area (Å²) < 4.78 is 3.70. The van der Waals surface area contributed by atoms with E-state index in [1.807, 2.05) is 52.8 Å². The average molecular weight is 313 g/mol. The van der Waals surface area contributed by atoms with Crippen molar-refractivity contribution in [3.63, 3.8) is 0 Å². The minimum atomic E-state index is 0. The first-order valence-corrected chi connectivity index (χ1v) is 6.29. The Morgan fingerprint density at radius 2 is 1.60 bits per heavy atom. The summed E-state index contributed by atoms with van der Waals surface area (Å²) in [5.74, 6) is 0. The maximum Gasteiger partial charge on any atom is 1.00 e. The maximum atomic E-state index is 4.46. The average Bonchev–Trinajstić information content (AvgIpc) is 2.82. The second-order valence-electron chi connectivity index (χ2n) is 4.48. The van der Waals surface area contributed by atoms with E-state index in [-0.39, 0.29) is 17.1 Å². The number of hydrogen-bond donors (Lipinski definition) is 0. The Hall–Kier alpha value is -1.90. The van der Waals surface area contributed by atoms with Crippen LogP contribution in [0.15, 0.2) is 60.7 Å². The van der Waals surface area contributed by atoms with Crippen molar-refractivity contribution in [3.8, 4) is 11.3 Å². The fraction of sp³-hybridized carbons (Fsp3) is 0.125. The molecule has 0 aliphatic carbocycles. The van der Waals surface area contributed by atoms with Crippen LogP contribution in [0.3, 0.4) is 0 Å². The van der Waals surface area contributed by atoms with Gasteiger partial charge in [-0.2, -0.15) is 4.68 Å². The van der Waals surface area contributed by atoms with Crippen LogP contribution in [0.5, 0.6) is 0 Å². The molecule has 2 aromatic carbocycles. The number of benzene rings is 2. The van der Waals surface area contributed by atoms with E-state index in [0.717, 1.165) is 17.8 Å². The quantitative estimate of drug-likeness (QED) is 0.413. The molecule has 0 spiro atoms. The predicted molar refractivity (Wildman–Crippen MR) is 73.2 cm³/mol. The Bertz CT molecular complexity index is 663.